The Morgan fingerprint density at radius 3 is 3.12 bits per heavy atom. The number of hydrogen-bond acceptors (Lipinski definition) is 4. The molecule has 0 bridgehead atoms. The third kappa shape index (κ3) is 3.33. The van der Waals surface area contributed by atoms with Crippen molar-refractivity contribution in [2.45, 2.75) is 12.6 Å². The van der Waals surface area contributed by atoms with Crippen LogP contribution in [0.1, 0.15) is 5.76 Å². The highest BCUT2D eigenvalue weighted by Crippen LogP contribution is 2.08. The molecule has 2 heterocycles. The van der Waals surface area contributed by atoms with E-state index in [1.165, 1.54) is 0 Å². The molecule has 90 valence electrons. The molecule has 1 aromatic heterocycles. The van der Waals surface area contributed by atoms with Crippen LogP contribution in [0.4, 0.5) is 0 Å². The first-order chi connectivity index (χ1) is 7.74. The van der Waals surface area contributed by atoms with Gasteiger partial charge in [-0.1, -0.05) is 0 Å². The van der Waals surface area contributed by atoms with Crippen LogP contribution in [0.3, 0.4) is 0 Å². The average Bonchev–Trinajstić information content (AvgIpc) is 2.70. The average molecular weight is 223 g/mol. The van der Waals surface area contributed by atoms with Gasteiger partial charge in [-0.15, -0.1) is 0 Å². The molecule has 4 nitrogen and oxygen atoms in total. The summed E-state index contributed by atoms with van der Waals surface area (Å²) in [6, 6.07) is 4.57. The van der Waals surface area contributed by atoms with E-state index in [0.717, 1.165) is 38.5 Å². The minimum absolute atomic E-state index is 0.568. The van der Waals surface area contributed by atoms with Crippen molar-refractivity contribution in [3.63, 3.8) is 0 Å². The van der Waals surface area contributed by atoms with E-state index in [4.69, 9.17) is 4.42 Å². The minimum atomic E-state index is 0.568. The molecule has 0 radical (unpaired) electrons. The largest absolute Gasteiger partial charge is 0.468 e. The van der Waals surface area contributed by atoms with Gasteiger partial charge in [-0.25, -0.2) is 0 Å². The summed E-state index contributed by atoms with van der Waals surface area (Å²) in [4.78, 5) is 4.68. The Labute approximate surface area is 97.2 Å². The molecule has 1 N–H and O–H groups in total. The molecule has 16 heavy (non-hydrogen) atoms. The Hall–Kier alpha value is -0.840. The number of furan rings is 1. The van der Waals surface area contributed by atoms with Crippen LogP contribution in [0, 0.1) is 0 Å². The van der Waals surface area contributed by atoms with Gasteiger partial charge < -0.3 is 14.6 Å². The molecule has 0 aromatic carbocycles. The molecule has 1 aromatic rings. The summed E-state index contributed by atoms with van der Waals surface area (Å²) in [5, 5.41) is 3.55. The Morgan fingerprint density at radius 2 is 2.44 bits per heavy atom. The summed E-state index contributed by atoms with van der Waals surface area (Å²) in [6.45, 7) is 5.29. The summed E-state index contributed by atoms with van der Waals surface area (Å²) in [6.07, 6.45) is 1.74. The molecule has 2 rings (SSSR count). The van der Waals surface area contributed by atoms with E-state index in [1.54, 1.807) is 6.26 Å². The molecule has 4 heteroatoms. The van der Waals surface area contributed by atoms with Gasteiger partial charge in [0, 0.05) is 32.2 Å². The maximum absolute atomic E-state index is 5.38. The van der Waals surface area contributed by atoms with E-state index in [-0.39, 0.29) is 0 Å². The zero-order valence-electron chi connectivity index (χ0n) is 10.1. The maximum atomic E-state index is 5.38. The van der Waals surface area contributed by atoms with Gasteiger partial charge in [0.15, 0.2) is 0 Å². The van der Waals surface area contributed by atoms with Gasteiger partial charge in [-0.05, 0) is 26.2 Å². The molecule has 1 aliphatic heterocycles. The highest BCUT2D eigenvalue weighted by molar-refractivity contribution is 4.98. The normalized spacial score (nSPS) is 22.8. The van der Waals surface area contributed by atoms with Crippen LogP contribution in [0.15, 0.2) is 22.8 Å². The zero-order chi connectivity index (χ0) is 11.4. The van der Waals surface area contributed by atoms with Crippen LogP contribution >= 0.6 is 0 Å². The van der Waals surface area contributed by atoms with E-state index in [0.29, 0.717) is 6.04 Å². The third-order valence-electron chi connectivity index (χ3n) is 2.88. The Kier molecular flexibility index (Phi) is 3.98. The maximum Gasteiger partial charge on any atom is 0.117 e. The fourth-order valence-corrected chi connectivity index (χ4v) is 2.22. The van der Waals surface area contributed by atoms with Crippen molar-refractivity contribution in [1.29, 1.82) is 0 Å². The van der Waals surface area contributed by atoms with Crippen molar-refractivity contribution in [2.75, 3.05) is 40.3 Å². The van der Waals surface area contributed by atoms with Crippen molar-refractivity contribution in [3.8, 4) is 0 Å². The SMILES string of the molecule is CN(C)CC1CN(Cc2ccco2)CCN1. The Bertz CT molecular complexity index is 297. The lowest BCUT2D eigenvalue weighted by atomic mass is 10.2. The van der Waals surface area contributed by atoms with Gasteiger partial charge >= 0.3 is 0 Å². The predicted molar refractivity (Wildman–Crippen MR) is 64.3 cm³/mol. The number of nitrogens with zero attached hydrogens (tertiary/aromatic N) is 2. The van der Waals surface area contributed by atoms with Gasteiger partial charge in [0.2, 0.25) is 0 Å². The number of rotatable bonds is 4. The molecule has 0 aliphatic carbocycles. The van der Waals surface area contributed by atoms with Crippen molar-refractivity contribution in [3.05, 3.63) is 24.2 Å². The first-order valence-corrected chi connectivity index (χ1v) is 5.87. The first-order valence-electron chi connectivity index (χ1n) is 5.87. The number of piperazine rings is 1. The van der Waals surface area contributed by atoms with Crippen LogP contribution in [-0.2, 0) is 6.54 Å². The van der Waals surface area contributed by atoms with Crippen molar-refractivity contribution >= 4 is 0 Å². The van der Waals surface area contributed by atoms with Crippen LogP contribution in [0.5, 0.6) is 0 Å². The fourth-order valence-electron chi connectivity index (χ4n) is 2.22. The molecule has 1 aliphatic rings. The van der Waals surface area contributed by atoms with E-state index in [2.05, 4.69) is 29.2 Å². The quantitative estimate of drug-likeness (QED) is 0.810. The van der Waals surface area contributed by atoms with Crippen molar-refractivity contribution in [1.82, 2.24) is 15.1 Å². The van der Waals surface area contributed by atoms with Gasteiger partial charge in [0.05, 0.1) is 12.8 Å². The van der Waals surface area contributed by atoms with Gasteiger partial charge in [0.25, 0.3) is 0 Å². The molecule has 0 spiro atoms. The van der Waals surface area contributed by atoms with E-state index in [1.807, 2.05) is 12.1 Å². The van der Waals surface area contributed by atoms with Crippen molar-refractivity contribution in [2.24, 2.45) is 0 Å². The standard InChI is InChI=1S/C12H21N3O/c1-14(2)8-11-9-15(6-5-13-11)10-12-4-3-7-16-12/h3-4,7,11,13H,5-6,8-10H2,1-2H3. The molecule has 1 unspecified atom stereocenters. The zero-order valence-corrected chi connectivity index (χ0v) is 10.1. The second-order valence-corrected chi connectivity index (χ2v) is 4.73. The number of likely N-dealkylation sites (N-methyl/N-ethyl adjacent to an activating group) is 1. The second kappa shape index (κ2) is 5.48. The summed E-state index contributed by atoms with van der Waals surface area (Å²) < 4.78 is 5.38. The predicted octanol–water partition coefficient (Wildman–Crippen LogP) is 0.615. The van der Waals surface area contributed by atoms with Crippen LogP contribution < -0.4 is 5.32 Å². The number of hydrogen-bond donors (Lipinski definition) is 1. The Balaban J connectivity index is 1.82. The molecular formula is C12H21N3O. The van der Waals surface area contributed by atoms with Crippen LogP contribution in [0.2, 0.25) is 0 Å². The lowest BCUT2D eigenvalue weighted by Crippen LogP contribution is -2.53. The number of nitrogens with one attached hydrogen (secondary N) is 1. The van der Waals surface area contributed by atoms with Crippen molar-refractivity contribution < 1.29 is 4.42 Å². The van der Waals surface area contributed by atoms with Crippen LogP contribution in [0.25, 0.3) is 0 Å². The lowest BCUT2D eigenvalue weighted by Gasteiger charge is -2.34. The highest BCUT2D eigenvalue weighted by atomic mass is 16.3. The summed E-state index contributed by atoms with van der Waals surface area (Å²) in [5.74, 6) is 1.06. The first kappa shape index (κ1) is 11.6. The highest BCUT2D eigenvalue weighted by Gasteiger charge is 2.20. The second-order valence-electron chi connectivity index (χ2n) is 4.73. The van der Waals surface area contributed by atoms with E-state index in [9.17, 15) is 0 Å². The fraction of sp³-hybridized carbons (Fsp3) is 0.667. The lowest BCUT2D eigenvalue weighted by molar-refractivity contribution is 0.162. The molecule has 1 fully saturated rings. The van der Waals surface area contributed by atoms with Gasteiger partial charge in [0.1, 0.15) is 5.76 Å². The topological polar surface area (TPSA) is 31.6 Å². The van der Waals surface area contributed by atoms with E-state index >= 15 is 0 Å². The molecule has 1 saturated heterocycles. The molecule has 1 atom stereocenters. The molecule has 0 saturated carbocycles. The monoisotopic (exact) mass is 223 g/mol. The van der Waals surface area contributed by atoms with E-state index < -0.39 is 0 Å². The minimum Gasteiger partial charge on any atom is -0.468 e. The summed E-state index contributed by atoms with van der Waals surface area (Å²) in [5.41, 5.74) is 0. The third-order valence-corrected chi connectivity index (χ3v) is 2.88. The summed E-state index contributed by atoms with van der Waals surface area (Å²) in [7, 11) is 4.24. The smallest absolute Gasteiger partial charge is 0.117 e. The van der Waals surface area contributed by atoms with Gasteiger partial charge in [-0.3, -0.25) is 4.90 Å². The molecular weight excluding hydrogens is 202 g/mol. The van der Waals surface area contributed by atoms with Gasteiger partial charge in [-0.2, -0.15) is 0 Å². The summed E-state index contributed by atoms with van der Waals surface area (Å²) >= 11 is 0. The molecule has 0 amide bonds. The Morgan fingerprint density at radius 1 is 1.56 bits per heavy atom. The van der Waals surface area contributed by atoms with Crippen LogP contribution in [-0.4, -0.2) is 56.1 Å².